The summed E-state index contributed by atoms with van der Waals surface area (Å²) in [4.78, 5) is 39.1. The maximum atomic E-state index is 15.7. The number of fused-ring (bicyclic) bond motifs is 1. The van der Waals surface area contributed by atoms with Crippen LogP contribution in [-0.2, 0) is 31.5 Å². The molecule has 2 fully saturated rings. The fourth-order valence-corrected chi connectivity index (χ4v) is 7.56. The fraction of sp³-hybridized carbons (Fsp3) is 0.657. The molecule has 0 bridgehead atoms. The number of nitrogens with one attached hydrogen (secondary N) is 1. The minimum absolute atomic E-state index is 0.00643. The van der Waals surface area contributed by atoms with Crippen molar-refractivity contribution in [3.63, 3.8) is 0 Å². The average molecular weight is 737 g/mol. The predicted molar refractivity (Wildman–Crippen MR) is 187 cm³/mol. The third kappa shape index (κ3) is 9.63. The first-order valence-electron chi connectivity index (χ1n) is 18.0. The van der Waals surface area contributed by atoms with E-state index < -0.39 is 34.1 Å². The van der Waals surface area contributed by atoms with E-state index >= 15 is 8.78 Å². The number of likely N-dealkylation sites (tertiary alicyclic amines) is 1. The lowest BCUT2D eigenvalue weighted by Gasteiger charge is -2.42. The van der Waals surface area contributed by atoms with Gasteiger partial charge in [0.25, 0.3) is 16.0 Å². The van der Waals surface area contributed by atoms with Gasteiger partial charge in [-0.3, -0.25) is 9.08 Å². The Balaban J connectivity index is 1.28. The molecule has 2 N–H and O–H groups in total. The first kappa shape index (κ1) is 38.6. The number of anilines is 2. The summed E-state index contributed by atoms with van der Waals surface area (Å²) in [6.07, 6.45) is 5.80. The molecule has 51 heavy (non-hydrogen) atoms. The largest absolute Gasteiger partial charge is 0.465 e. The standard InChI is InChI=1S/C35H50F2N6O7S/c1-3-51(47,48)50-19-8-6-4-5-7-16-42-32-30(23-43(33(42)44)29-14-20-49-21-15-29)31(38-24-39-32)40-25(2)26-10-9-11-28(22-26)35(36,37)27-12-17-41(18-13-27)34(45)46/h9-11,22,24-25,27,29H,3-8,12-21,23H2,1-2H3,(H,45,46)(H,38,39,40)/t25-/m1/s1. The van der Waals surface area contributed by atoms with Gasteiger partial charge in [0.15, 0.2) is 0 Å². The molecule has 0 aliphatic carbocycles. The second kappa shape index (κ2) is 17.3. The van der Waals surface area contributed by atoms with E-state index in [0.717, 1.165) is 31.2 Å². The molecular weight excluding hydrogens is 686 g/mol. The Bertz CT molecular complexity index is 1600. The molecule has 3 amide bonds. The number of aromatic nitrogens is 2. The maximum absolute atomic E-state index is 15.7. The number of hydrogen-bond acceptors (Lipinski definition) is 9. The maximum Gasteiger partial charge on any atom is 0.407 e. The molecule has 16 heteroatoms. The molecule has 1 atom stereocenters. The zero-order valence-corrected chi connectivity index (χ0v) is 30.3. The molecule has 3 aliphatic rings. The first-order valence-corrected chi connectivity index (χ1v) is 19.6. The highest BCUT2D eigenvalue weighted by Gasteiger charge is 2.43. The molecule has 0 saturated carbocycles. The van der Waals surface area contributed by atoms with Crippen LogP contribution < -0.4 is 10.2 Å². The van der Waals surface area contributed by atoms with Crippen LogP contribution >= 0.6 is 0 Å². The molecule has 3 aliphatic heterocycles. The van der Waals surface area contributed by atoms with Crippen molar-refractivity contribution in [3.8, 4) is 0 Å². The van der Waals surface area contributed by atoms with Crippen LogP contribution in [0.25, 0.3) is 0 Å². The Labute approximate surface area is 298 Å². The third-order valence-corrected chi connectivity index (χ3v) is 11.4. The van der Waals surface area contributed by atoms with Gasteiger partial charge in [-0.1, -0.05) is 37.5 Å². The fourth-order valence-electron chi connectivity index (χ4n) is 7.02. The van der Waals surface area contributed by atoms with Crippen LogP contribution in [0.5, 0.6) is 0 Å². The van der Waals surface area contributed by atoms with Crippen molar-refractivity contribution in [2.24, 2.45) is 5.92 Å². The highest BCUT2D eigenvalue weighted by molar-refractivity contribution is 7.86. The summed E-state index contributed by atoms with van der Waals surface area (Å²) < 4.78 is 65.1. The summed E-state index contributed by atoms with van der Waals surface area (Å²) in [7, 11) is -3.44. The minimum Gasteiger partial charge on any atom is -0.465 e. The summed E-state index contributed by atoms with van der Waals surface area (Å²) in [5.41, 5.74) is 1.30. The van der Waals surface area contributed by atoms with Crippen LogP contribution in [0.2, 0.25) is 0 Å². The lowest BCUT2D eigenvalue weighted by atomic mass is 9.85. The number of ether oxygens (including phenoxy) is 1. The van der Waals surface area contributed by atoms with E-state index in [4.69, 9.17) is 8.92 Å². The lowest BCUT2D eigenvalue weighted by molar-refractivity contribution is -0.0836. The van der Waals surface area contributed by atoms with E-state index in [1.807, 2.05) is 11.8 Å². The van der Waals surface area contributed by atoms with E-state index in [1.165, 1.54) is 23.4 Å². The number of halogens is 2. The molecule has 13 nitrogen and oxygen atoms in total. The number of carbonyl (C=O) groups excluding carboxylic acids is 1. The molecule has 0 radical (unpaired) electrons. The van der Waals surface area contributed by atoms with Crippen molar-refractivity contribution in [1.29, 1.82) is 0 Å². The summed E-state index contributed by atoms with van der Waals surface area (Å²) >= 11 is 0. The molecule has 1 aromatic carbocycles. The van der Waals surface area contributed by atoms with Gasteiger partial charge in [-0.25, -0.2) is 28.3 Å². The Morgan fingerprint density at radius 1 is 1.10 bits per heavy atom. The number of rotatable bonds is 16. The second-order valence-corrected chi connectivity index (χ2v) is 15.5. The summed E-state index contributed by atoms with van der Waals surface area (Å²) in [6, 6.07) is 5.80. The number of carbonyl (C=O) groups is 2. The normalized spacial score (nSPS) is 18.5. The highest BCUT2D eigenvalue weighted by Crippen LogP contribution is 2.42. The first-order chi connectivity index (χ1) is 24.4. The van der Waals surface area contributed by atoms with Gasteiger partial charge in [0.1, 0.15) is 18.0 Å². The van der Waals surface area contributed by atoms with Crippen LogP contribution in [0.3, 0.4) is 0 Å². The number of carboxylic acid groups (broad SMARTS) is 1. The molecule has 2 aromatic rings. The van der Waals surface area contributed by atoms with Crippen LogP contribution in [0, 0.1) is 5.92 Å². The van der Waals surface area contributed by atoms with Crippen molar-refractivity contribution >= 4 is 33.9 Å². The Hall–Kier alpha value is -3.63. The van der Waals surface area contributed by atoms with Crippen molar-refractivity contribution in [2.45, 2.75) is 96.2 Å². The van der Waals surface area contributed by atoms with Gasteiger partial charge < -0.3 is 25.0 Å². The van der Waals surface area contributed by atoms with Crippen LogP contribution in [-0.4, -0.2) is 96.7 Å². The number of benzene rings is 1. The predicted octanol–water partition coefficient (Wildman–Crippen LogP) is 6.37. The van der Waals surface area contributed by atoms with Crippen molar-refractivity contribution in [1.82, 2.24) is 19.8 Å². The minimum atomic E-state index is -3.44. The number of amides is 3. The van der Waals surface area contributed by atoms with Gasteiger partial charge in [-0.15, -0.1) is 0 Å². The van der Waals surface area contributed by atoms with E-state index in [9.17, 15) is 23.1 Å². The van der Waals surface area contributed by atoms with E-state index in [2.05, 4.69) is 15.3 Å². The molecule has 5 rings (SSSR count). The van der Waals surface area contributed by atoms with Crippen LogP contribution in [0.1, 0.15) is 94.4 Å². The smallest absolute Gasteiger partial charge is 0.407 e. The van der Waals surface area contributed by atoms with Gasteiger partial charge in [-0.2, -0.15) is 8.42 Å². The number of piperidine rings is 1. The lowest BCUT2D eigenvalue weighted by Crippen LogP contribution is -2.53. The SMILES string of the molecule is CCS(=O)(=O)OCCCCCCCN1C(=O)N(C2CCOCC2)Cc2c(N[C@H](C)c3cccc(C(F)(F)C4CCN(C(=O)O)CC4)c3)ncnc21. The number of unbranched alkanes of at least 4 members (excludes halogenated alkanes) is 4. The van der Waals surface area contributed by atoms with Gasteiger partial charge in [0, 0.05) is 56.4 Å². The Kier molecular flexibility index (Phi) is 13.1. The van der Waals surface area contributed by atoms with Crippen molar-refractivity contribution in [2.75, 3.05) is 55.4 Å². The molecule has 0 unspecified atom stereocenters. The van der Waals surface area contributed by atoms with Gasteiger partial charge in [0.2, 0.25) is 0 Å². The summed E-state index contributed by atoms with van der Waals surface area (Å²) in [5, 5.41) is 12.7. The van der Waals surface area contributed by atoms with E-state index in [-0.39, 0.29) is 55.9 Å². The molecule has 282 valence electrons. The highest BCUT2D eigenvalue weighted by atomic mass is 32.2. The zero-order chi connectivity index (χ0) is 36.6. The van der Waals surface area contributed by atoms with E-state index in [0.29, 0.717) is 62.8 Å². The van der Waals surface area contributed by atoms with Crippen molar-refractivity contribution in [3.05, 3.63) is 47.3 Å². The Morgan fingerprint density at radius 2 is 1.80 bits per heavy atom. The molecule has 2 saturated heterocycles. The number of nitrogens with zero attached hydrogens (tertiary/aromatic N) is 5. The summed E-state index contributed by atoms with van der Waals surface area (Å²) in [6.45, 7) is 5.64. The number of alkyl halides is 2. The quantitative estimate of drug-likeness (QED) is 0.147. The number of urea groups is 1. The van der Waals surface area contributed by atoms with Gasteiger partial charge in [0.05, 0.1) is 24.5 Å². The topological polar surface area (TPSA) is 154 Å². The second-order valence-electron chi connectivity index (χ2n) is 13.5. The molecule has 0 spiro atoms. The number of hydrogen-bond donors (Lipinski definition) is 2. The molecular formula is C35H50F2N6O7S. The average Bonchev–Trinajstić information content (AvgIpc) is 3.13. The van der Waals surface area contributed by atoms with E-state index in [1.54, 1.807) is 24.0 Å². The van der Waals surface area contributed by atoms with Crippen molar-refractivity contribution < 1.29 is 40.8 Å². The van der Waals surface area contributed by atoms with Crippen LogP contribution in [0.4, 0.5) is 30.0 Å². The molecule has 4 heterocycles. The zero-order valence-electron chi connectivity index (χ0n) is 29.4. The van der Waals surface area contributed by atoms with Gasteiger partial charge >= 0.3 is 12.1 Å². The summed E-state index contributed by atoms with van der Waals surface area (Å²) in [5.74, 6) is -3.07. The van der Waals surface area contributed by atoms with Crippen LogP contribution in [0.15, 0.2) is 30.6 Å². The monoisotopic (exact) mass is 736 g/mol. The third-order valence-electron chi connectivity index (χ3n) is 10.2. The van der Waals surface area contributed by atoms with Gasteiger partial charge in [-0.05, 0) is 64.0 Å². The Morgan fingerprint density at radius 3 is 2.51 bits per heavy atom. The molecule has 1 aromatic heterocycles.